The lowest BCUT2D eigenvalue weighted by atomic mass is 9.92. The monoisotopic (exact) mass is 338 g/mol. The van der Waals surface area contributed by atoms with E-state index >= 15 is 0 Å². The van der Waals surface area contributed by atoms with Gasteiger partial charge in [0.05, 0.1) is 19.3 Å². The van der Waals surface area contributed by atoms with E-state index < -0.39 is 6.10 Å². The zero-order valence-electron chi connectivity index (χ0n) is 13.7. The van der Waals surface area contributed by atoms with Gasteiger partial charge in [-0.2, -0.15) is 0 Å². The molecule has 1 aliphatic carbocycles. The molecule has 3 nitrogen and oxygen atoms in total. The van der Waals surface area contributed by atoms with Crippen molar-refractivity contribution in [2.45, 2.75) is 50.7 Å². The second-order valence-electron chi connectivity index (χ2n) is 6.26. The number of aliphatic hydroxyl groups excluding tert-OH is 2. The van der Waals surface area contributed by atoms with Crippen molar-refractivity contribution in [3.63, 3.8) is 0 Å². The Kier molecular flexibility index (Phi) is 7.41. The highest BCUT2D eigenvalue weighted by Crippen LogP contribution is 2.39. The molecular weight excluding hydrogens is 312 g/mol. The minimum absolute atomic E-state index is 0.00213. The molecule has 1 saturated carbocycles. The Bertz CT molecular complexity index is 503. The minimum Gasteiger partial charge on any atom is -0.493 e. The van der Waals surface area contributed by atoms with E-state index in [4.69, 9.17) is 16.3 Å². The summed E-state index contributed by atoms with van der Waals surface area (Å²) in [5.41, 5.74) is 0.823. The zero-order valence-corrected chi connectivity index (χ0v) is 14.5. The predicted molar refractivity (Wildman–Crippen MR) is 93.8 cm³/mol. The number of rotatable bonds is 8. The molecule has 1 aliphatic rings. The topological polar surface area (TPSA) is 49.7 Å². The molecule has 0 bridgehead atoms. The molecule has 128 valence electrons. The van der Waals surface area contributed by atoms with Crippen LogP contribution in [0.4, 0.5) is 0 Å². The van der Waals surface area contributed by atoms with E-state index in [1.807, 2.05) is 24.3 Å². The maximum absolute atomic E-state index is 10.3. The van der Waals surface area contributed by atoms with Crippen molar-refractivity contribution < 1.29 is 14.9 Å². The molecule has 4 atom stereocenters. The van der Waals surface area contributed by atoms with Gasteiger partial charge in [-0.3, -0.25) is 0 Å². The molecule has 4 heteroatoms. The van der Waals surface area contributed by atoms with Crippen molar-refractivity contribution in [3.8, 4) is 5.75 Å². The second-order valence-corrected chi connectivity index (χ2v) is 6.82. The third-order valence-electron chi connectivity index (χ3n) is 4.53. The third-order valence-corrected chi connectivity index (χ3v) is 5.03. The number of halogens is 1. The zero-order chi connectivity index (χ0) is 16.7. The molecule has 0 saturated heterocycles. The molecule has 2 rings (SSSR count). The average molecular weight is 339 g/mol. The highest BCUT2D eigenvalue weighted by molar-refractivity contribution is 6.21. The summed E-state index contributed by atoms with van der Waals surface area (Å²) >= 11 is 6.43. The number of benzene rings is 1. The van der Waals surface area contributed by atoms with Gasteiger partial charge in [0.1, 0.15) is 5.75 Å². The Morgan fingerprint density at radius 3 is 2.87 bits per heavy atom. The standard InChI is InChI=1S/C19H27ClO3/c1-2-3-4-5-9-16-17(19(22)11-18(16)20)13-23-15-8-6-7-14(10-15)12-21/h4-8,10,16-19,21-22H,2-3,9,11-13H2,1H3/b5-4-/t16-,17-,18-,19-/m1/s1. The summed E-state index contributed by atoms with van der Waals surface area (Å²) in [7, 11) is 0. The maximum Gasteiger partial charge on any atom is 0.119 e. The first kappa shape index (κ1) is 18.3. The van der Waals surface area contributed by atoms with Crippen LogP contribution in [0, 0.1) is 11.8 Å². The lowest BCUT2D eigenvalue weighted by molar-refractivity contribution is 0.0807. The first-order chi connectivity index (χ1) is 11.2. The summed E-state index contributed by atoms with van der Waals surface area (Å²) in [5, 5.41) is 19.5. The number of unbranched alkanes of at least 4 members (excludes halogenated alkanes) is 1. The number of ether oxygens (including phenoxy) is 1. The fraction of sp³-hybridized carbons (Fsp3) is 0.579. The summed E-state index contributed by atoms with van der Waals surface area (Å²) in [4.78, 5) is 0. The molecule has 0 aromatic heterocycles. The fourth-order valence-corrected chi connectivity index (χ4v) is 3.63. The molecule has 1 fully saturated rings. The van der Waals surface area contributed by atoms with Crippen LogP contribution in [0.5, 0.6) is 5.75 Å². The highest BCUT2D eigenvalue weighted by atomic mass is 35.5. The van der Waals surface area contributed by atoms with Gasteiger partial charge in [-0.1, -0.05) is 37.6 Å². The molecule has 1 aromatic rings. The van der Waals surface area contributed by atoms with Crippen LogP contribution in [-0.2, 0) is 6.61 Å². The van der Waals surface area contributed by atoms with E-state index in [1.165, 1.54) is 0 Å². The summed E-state index contributed by atoms with van der Waals surface area (Å²) in [6, 6.07) is 7.42. The van der Waals surface area contributed by atoms with Crippen molar-refractivity contribution in [1.29, 1.82) is 0 Å². The van der Waals surface area contributed by atoms with Crippen LogP contribution >= 0.6 is 11.6 Å². The number of allylic oxidation sites excluding steroid dienone is 2. The van der Waals surface area contributed by atoms with Gasteiger partial charge in [-0.25, -0.2) is 0 Å². The summed E-state index contributed by atoms with van der Waals surface area (Å²) < 4.78 is 5.86. The minimum atomic E-state index is -0.414. The van der Waals surface area contributed by atoms with Gasteiger partial charge in [-0.05, 0) is 42.9 Å². The summed E-state index contributed by atoms with van der Waals surface area (Å²) in [6.07, 6.45) is 7.69. The molecule has 0 amide bonds. The average Bonchev–Trinajstić information content (AvgIpc) is 2.83. The Balaban J connectivity index is 1.94. The second kappa shape index (κ2) is 9.31. The number of hydrogen-bond acceptors (Lipinski definition) is 3. The highest BCUT2D eigenvalue weighted by Gasteiger charge is 2.41. The number of hydrogen-bond donors (Lipinski definition) is 2. The van der Waals surface area contributed by atoms with Crippen LogP contribution in [0.2, 0.25) is 0 Å². The Hall–Kier alpha value is -1.03. The van der Waals surface area contributed by atoms with Crippen LogP contribution in [0.3, 0.4) is 0 Å². The van der Waals surface area contributed by atoms with Crippen molar-refractivity contribution >= 4 is 11.6 Å². The van der Waals surface area contributed by atoms with Gasteiger partial charge < -0.3 is 14.9 Å². The Morgan fingerprint density at radius 1 is 1.30 bits per heavy atom. The first-order valence-corrected chi connectivity index (χ1v) is 8.89. The fourth-order valence-electron chi connectivity index (χ4n) is 3.15. The number of alkyl halides is 1. The van der Waals surface area contributed by atoms with Gasteiger partial charge in [0, 0.05) is 11.3 Å². The smallest absolute Gasteiger partial charge is 0.119 e. The molecule has 0 heterocycles. The maximum atomic E-state index is 10.3. The predicted octanol–water partition coefficient (Wildman–Crippen LogP) is 3.91. The van der Waals surface area contributed by atoms with Crippen molar-refractivity contribution in [1.82, 2.24) is 0 Å². The molecule has 0 unspecified atom stereocenters. The molecule has 0 radical (unpaired) electrons. The Labute approximate surface area is 143 Å². The van der Waals surface area contributed by atoms with E-state index in [2.05, 4.69) is 19.1 Å². The first-order valence-electron chi connectivity index (χ1n) is 8.45. The van der Waals surface area contributed by atoms with Gasteiger partial charge in [-0.15, -0.1) is 11.6 Å². The largest absolute Gasteiger partial charge is 0.493 e. The molecule has 0 spiro atoms. The SMILES string of the molecule is CCC/C=C\C[C@@H]1[C@@H](COc2cccc(CO)c2)[C@H](O)C[C@H]1Cl. The van der Waals surface area contributed by atoms with Crippen LogP contribution in [-0.4, -0.2) is 28.3 Å². The van der Waals surface area contributed by atoms with Gasteiger partial charge in [0.15, 0.2) is 0 Å². The molecule has 23 heavy (non-hydrogen) atoms. The van der Waals surface area contributed by atoms with Crippen LogP contribution in [0.25, 0.3) is 0 Å². The lowest BCUT2D eigenvalue weighted by Crippen LogP contribution is -2.27. The summed E-state index contributed by atoms with van der Waals surface area (Å²) in [5.74, 6) is 1.00. The molecule has 2 N–H and O–H groups in total. The number of aliphatic hydroxyl groups is 2. The van der Waals surface area contributed by atoms with E-state index in [0.717, 1.165) is 30.6 Å². The van der Waals surface area contributed by atoms with Crippen molar-refractivity contribution in [2.24, 2.45) is 11.8 Å². The van der Waals surface area contributed by atoms with Crippen molar-refractivity contribution in [2.75, 3.05) is 6.61 Å². The summed E-state index contributed by atoms with van der Waals surface area (Å²) in [6.45, 7) is 2.61. The van der Waals surface area contributed by atoms with E-state index in [0.29, 0.717) is 13.0 Å². The van der Waals surface area contributed by atoms with Crippen LogP contribution < -0.4 is 4.74 Å². The quantitative estimate of drug-likeness (QED) is 0.558. The Morgan fingerprint density at radius 2 is 2.13 bits per heavy atom. The van der Waals surface area contributed by atoms with Gasteiger partial charge in [0.2, 0.25) is 0 Å². The van der Waals surface area contributed by atoms with Crippen LogP contribution in [0.15, 0.2) is 36.4 Å². The molecule has 0 aliphatic heterocycles. The van der Waals surface area contributed by atoms with E-state index in [9.17, 15) is 10.2 Å². The van der Waals surface area contributed by atoms with Crippen molar-refractivity contribution in [3.05, 3.63) is 42.0 Å². The van der Waals surface area contributed by atoms with Gasteiger partial charge >= 0.3 is 0 Å². The lowest BCUT2D eigenvalue weighted by Gasteiger charge is -2.22. The van der Waals surface area contributed by atoms with E-state index in [-0.39, 0.29) is 23.8 Å². The molecular formula is C19H27ClO3. The van der Waals surface area contributed by atoms with Crippen LogP contribution in [0.1, 0.15) is 38.2 Å². The third kappa shape index (κ3) is 5.23. The van der Waals surface area contributed by atoms with E-state index in [1.54, 1.807) is 0 Å². The normalized spacial score (nSPS) is 27.7. The van der Waals surface area contributed by atoms with Gasteiger partial charge in [0.25, 0.3) is 0 Å². The molecule has 1 aromatic carbocycles.